The van der Waals surface area contributed by atoms with Gasteiger partial charge in [0, 0.05) is 26.2 Å². The van der Waals surface area contributed by atoms with Crippen molar-refractivity contribution in [3.63, 3.8) is 0 Å². The molecular formula is C18H30ClN2O-. The van der Waals surface area contributed by atoms with Crippen LogP contribution in [0.25, 0.3) is 0 Å². The smallest absolute Gasteiger partial charge is 0.122 e. The number of benzene rings is 1. The minimum atomic E-state index is 0. The Bertz CT molecular complexity index is 431. The highest BCUT2D eigenvalue weighted by Gasteiger charge is 2.10. The van der Waals surface area contributed by atoms with Crippen LogP contribution >= 0.6 is 0 Å². The second kappa shape index (κ2) is 10.1. The van der Waals surface area contributed by atoms with E-state index in [9.17, 15) is 0 Å². The van der Waals surface area contributed by atoms with Crippen LogP contribution in [0.5, 0.6) is 5.75 Å². The maximum absolute atomic E-state index is 6.04. The van der Waals surface area contributed by atoms with Crippen molar-refractivity contribution in [2.45, 2.75) is 39.5 Å². The van der Waals surface area contributed by atoms with Crippen molar-refractivity contribution in [3.05, 3.63) is 29.3 Å². The monoisotopic (exact) mass is 325 g/mol. The van der Waals surface area contributed by atoms with Crippen molar-refractivity contribution in [3.8, 4) is 5.75 Å². The first-order valence-electron chi connectivity index (χ1n) is 8.33. The zero-order valence-corrected chi connectivity index (χ0v) is 15.0. The van der Waals surface area contributed by atoms with Gasteiger partial charge in [0.25, 0.3) is 0 Å². The highest BCUT2D eigenvalue weighted by molar-refractivity contribution is 5.39. The van der Waals surface area contributed by atoms with E-state index in [1.165, 1.54) is 37.2 Å². The van der Waals surface area contributed by atoms with Crippen LogP contribution in [-0.2, 0) is 0 Å². The molecule has 0 unspecified atom stereocenters. The molecule has 0 bridgehead atoms. The summed E-state index contributed by atoms with van der Waals surface area (Å²) in [6, 6.07) is 6.55. The van der Waals surface area contributed by atoms with Crippen molar-refractivity contribution in [2.75, 3.05) is 39.3 Å². The fourth-order valence-corrected chi connectivity index (χ4v) is 2.80. The minimum absolute atomic E-state index is 0. The summed E-state index contributed by atoms with van der Waals surface area (Å²) >= 11 is 0. The number of rotatable bonds is 7. The van der Waals surface area contributed by atoms with Crippen LogP contribution in [-0.4, -0.2) is 44.2 Å². The second-order valence-electron chi connectivity index (χ2n) is 6.34. The van der Waals surface area contributed by atoms with Crippen LogP contribution in [0.4, 0.5) is 0 Å². The van der Waals surface area contributed by atoms with E-state index in [4.69, 9.17) is 4.74 Å². The summed E-state index contributed by atoms with van der Waals surface area (Å²) in [5, 5.41) is 3.39. The number of piperazine rings is 1. The van der Waals surface area contributed by atoms with Crippen LogP contribution in [0, 0.1) is 6.92 Å². The first-order chi connectivity index (χ1) is 10.2. The summed E-state index contributed by atoms with van der Waals surface area (Å²) in [5.41, 5.74) is 2.60. The number of nitrogens with one attached hydrogen (secondary N) is 1. The lowest BCUT2D eigenvalue weighted by atomic mass is 10.0. The Balaban J connectivity index is 0.00000242. The van der Waals surface area contributed by atoms with Crippen molar-refractivity contribution < 1.29 is 17.1 Å². The van der Waals surface area contributed by atoms with E-state index in [1.807, 2.05) is 0 Å². The third-order valence-electron chi connectivity index (χ3n) is 4.13. The molecule has 1 heterocycles. The molecule has 0 aromatic heterocycles. The van der Waals surface area contributed by atoms with Gasteiger partial charge in [0.15, 0.2) is 0 Å². The standard InChI is InChI=1S/C18H30N2O.ClH/c1-15(2)17-7-6-16(3)14-18(17)21-13-5-4-10-20-11-8-19-9-12-20;/h6-7,14-15,19H,4-5,8-13H2,1-3H3;1H/p-1. The van der Waals surface area contributed by atoms with Crippen LogP contribution in [0.1, 0.15) is 43.7 Å². The van der Waals surface area contributed by atoms with E-state index in [0.29, 0.717) is 5.92 Å². The Labute approximate surface area is 141 Å². The predicted octanol–water partition coefficient (Wildman–Crippen LogP) is 0.187. The van der Waals surface area contributed by atoms with E-state index in [-0.39, 0.29) is 12.4 Å². The van der Waals surface area contributed by atoms with E-state index in [2.05, 4.69) is 49.2 Å². The predicted molar refractivity (Wildman–Crippen MR) is 89.3 cm³/mol. The summed E-state index contributed by atoms with van der Waals surface area (Å²) in [5.74, 6) is 1.59. The molecule has 1 aromatic rings. The number of aryl methyl sites for hydroxylation is 1. The Morgan fingerprint density at radius 2 is 1.91 bits per heavy atom. The molecule has 2 rings (SSSR count). The molecular weight excluding hydrogens is 296 g/mol. The summed E-state index contributed by atoms with van der Waals surface area (Å²) < 4.78 is 6.04. The molecule has 1 fully saturated rings. The highest BCUT2D eigenvalue weighted by atomic mass is 35.5. The first-order valence-corrected chi connectivity index (χ1v) is 8.33. The zero-order valence-electron chi connectivity index (χ0n) is 14.2. The van der Waals surface area contributed by atoms with E-state index < -0.39 is 0 Å². The number of hydrogen-bond donors (Lipinski definition) is 1. The minimum Gasteiger partial charge on any atom is -1.00 e. The van der Waals surface area contributed by atoms with Gasteiger partial charge < -0.3 is 27.4 Å². The SMILES string of the molecule is Cc1ccc(C(C)C)c(OCCCCN2CCNCC2)c1.[Cl-]. The third kappa shape index (κ3) is 6.15. The van der Waals surface area contributed by atoms with Gasteiger partial charge in [-0.25, -0.2) is 0 Å². The molecule has 0 saturated carbocycles. The average Bonchev–Trinajstić information content (AvgIpc) is 2.48. The lowest BCUT2D eigenvalue weighted by molar-refractivity contribution is -0.00000514. The van der Waals surface area contributed by atoms with Crippen molar-refractivity contribution >= 4 is 0 Å². The van der Waals surface area contributed by atoms with Gasteiger partial charge in [-0.05, 0) is 49.4 Å². The molecule has 3 nitrogen and oxygen atoms in total. The molecule has 22 heavy (non-hydrogen) atoms. The Kier molecular flexibility index (Phi) is 8.84. The van der Waals surface area contributed by atoms with Gasteiger partial charge in [0.2, 0.25) is 0 Å². The lowest BCUT2D eigenvalue weighted by Gasteiger charge is -2.27. The van der Waals surface area contributed by atoms with E-state index in [0.717, 1.165) is 31.9 Å². The Morgan fingerprint density at radius 1 is 1.18 bits per heavy atom. The quantitative estimate of drug-likeness (QED) is 0.724. The normalized spacial score (nSPS) is 15.6. The Morgan fingerprint density at radius 3 is 2.59 bits per heavy atom. The zero-order chi connectivity index (χ0) is 15.1. The molecule has 1 saturated heterocycles. The number of ether oxygens (including phenoxy) is 1. The van der Waals surface area contributed by atoms with Gasteiger partial charge in [-0.2, -0.15) is 0 Å². The number of nitrogens with zero attached hydrogens (tertiary/aromatic N) is 1. The molecule has 0 spiro atoms. The van der Waals surface area contributed by atoms with Gasteiger partial charge in [-0.3, -0.25) is 0 Å². The van der Waals surface area contributed by atoms with Crippen molar-refractivity contribution in [1.82, 2.24) is 10.2 Å². The van der Waals surface area contributed by atoms with E-state index in [1.54, 1.807) is 0 Å². The maximum Gasteiger partial charge on any atom is 0.122 e. The summed E-state index contributed by atoms with van der Waals surface area (Å²) in [6.07, 6.45) is 2.36. The molecule has 1 aromatic carbocycles. The van der Waals surface area contributed by atoms with Gasteiger partial charge in [0.1, 0.15) is 5.75 Å². The van der Waals surface area contributed by atoms with Crippen molar-refractivity contribution in [2.24, 2.45) is 0 Å². The molecule has 1 aliphatic rings. The molecule has 0 aliphatic carbocycles. The molecule has 1 aliphatic heterocycles. The van der Waals surface area contributed by atoms with Crippen LogP contribution < -0.4 is 22.5 Å². The average molecular weight is 326 g/mol. The maximum atomic E-state index is 6.04. The van der Waals surface area contributed by atoms with Gasteiger partial charge in [-0.1, -0.05) is 26.0 Å². The van der Waals surface area contributed by atoms with Gasteiger partial charge in [-0.15, -0.1) is 0 Å². The Hall–Kier alpha value is -0.770. The number of unbranched alkanes of at least 4 members (excludes halogenated alkanes) is 1. The fourth-order valence-electron chi connectivity index (χ4n) is 2.80. The van der Waals surface area contributed by atoms with Crippen LogP contribution in [0.3, 0.4) is 0 Å². The molecule has 126 valence electrons. The highest BCUT2D eigenvalue weighted by Crippen LogP contribution is 2.27. The van der Waals surface area contributed by atoms with E-state index >= 15 is 0 Å². The fraction of sp³-hybridized carbons (Fsp3) is 0.667. The molecule has 1 N–H and O–H groups in total. The van der Waals surface area contributed by atoms with Gasteiger partial charge in [0.05, 0.1) is 6.61 Å². The van der Waals surface area contributed by atoms with Crippen LogP contribution in [0.15, 0.2) is 18.2 Å². The first kappa shape index (κ1) is 19.3. The third-order valence-corrected chi connectivity index (χ3v) is 4.13. The number of halogens is 1. The number of hydrogen-bond acceptors (Lipinski definition) is 3. The second-order valence-corrected chi connectivity index (χ2v) is 6.34. The van der Waals surface area contributed by atoms with Crippen molar-refractivity contribution in [1.29, 1.82) is 0 Å². The topological polar surface area (TPSA) is 24.5 Å². The molecule has 4 heteroatoms. The summed E-state index contributed by atoms with van der Waals surface area (Å²) in [6.45, 7) is 13.3. The van der Waals surface area contributed by atoms with Crippen LogP contribution in [0.2, 0.25) is 0 Å². The summed E-state index contributed by atoms with van der Waals surface area (Å²) in [7, 11) is 0. The lowest BCUT2D eigenvalue weighted by Crippen LogP contribution is -3.00. The van der Waals surface area contributed by atoms with Gasteiger partial charge >= 0.3 is 0 Å². The molecule has 0 radical (unpaired) electrons. The summed E-state index contributed by atoms with van der Waals surface area (Å²) in [4.78, 5) is 2.54. The largest absolute Gasteiger partial charge is 1.00 e. The molecule has 0 atom stereocenters. The molecule has 0 amide bonds.